The Morgan fingerprint density at radius 3 is 2.78 bits per heavy atom. The second kappa shape index (κ2) is 5.74. The van der Waals surface area contributed by atoms with Crippen LogP contribution in [0.15, 0.2) is 42.7 Å². The fourth-order valence-electron chi connectivity index (χ4n) is 2.04. The van der Waals surface area contributed by atoms with E-state index < -0.39 is 0 Å². The van der Waals surface area contributed by atoms with Crippen LogP contribution in [0.4, 0.5) is 4.39 Å². The molecule has 0 bridgehead atoms. The number of aryl methyl sites for hydroxylation is 1. The van der Waals surface area contributed by atoms with Crippen molar-refractivity contribution in [3.05, 3.63) is 65.2 Å². The molecule has 1 aromatic heterocycles. The first-order valence-corrected chi connectivity index (χ1v) is 6.03. The molecular weight excluding hydrogens is 227 g/mol. The van der Waals surface area contributed by atoms with Crippen molar-refractivity contribution < 1.29 is 4.39 Å². The summed E-state index contributed by atoms with van der Waals surface area (Å²) in [6.07, 6.45) is 4.28. The highest BCUT2D eigenvalue weighted by molar-refractivity contribution is 5.27. The zero-order chi connectivity index (χ0) is 13.0. The molecular formula is C15H17FN2. The number of pyridine rings is 1. The van der Waals surface area contributed by atoms with E-state index in [1.807, 2.05) is 44.4 Å². The van der Waals surface area contributed by atoms with E-state index >= 15 is 0 Å². The maximum absolute atomic E-state index is 13.9. The number of likely N-dealkylation sites (N-methyl/N-ethyl adjacent to an activating group) is 1. The minimum atomic E-state index is -0.154. The third kappa shape index (κ3) is 2.93. The fraction of sp³-hybridized carbons (Fsp3) is 0.267. The molecule has 0 radical (unpaired) electrons. The Hall–Kier alpha value is -1.74. The molecule has 18 heavy (non-hydrogen) atoms. The van der Waals surface area contributed by atoms with Crippen molar-refractivity contribution in [2.24, 2.45) is 0 Å². The zero-order valence-electron chi connectivity index (χ0n) is 10.7. The average molecular weight is 244 g/mol. The number of halogens is 1. The monoisotopic (exact) mass is 244 g/mol. The van der Waals surface area contributed by atoms with Crippen LogP contribution in [-0.2, 0) is 6.42 Å². The largest absolute Gasteiger partial charge is 0.313 e. The number of hydrogen-bond donors (Lipinski definition) is 1. The number of nitrogens with zero attached hydrogens (tertiary/aromatic N) is 1. The van der Waals surface area contributed by atoms with Gasteiger partial charge < -0.3 is 5.32 Å². The van der Waals surface area contributed by atoms with Crippen LogP contribution in [0, 0.1) is 12.7 Å². The van der Waals surface area contributed by atoms with Crippen molar-refractivity contribution in [1.82, 2.24) is 10.3 Å². The predicted octanol–water partition coefficient (Wildman–Crippen LogP) is 3.03. The Morgan fingerprint density at radius 2 is 2.17 bits per heavy atom. The van der Waals surface area contributed by atoms with Crippen LogP contribution in [0.1, 0.15) is 22.7 Å². The van der Waals surface area contributed by atoms with Gasteiger partial charge in [-0.05, 0) is 43.7 Å². The lowest BCUT2D eigenvalue weighted by Gasteiger charge is -2.17. The molecule has 1 unspecified atom stereocenters. The van der Waals surface area contributed by atoms with Gasteiger partial charge in [-0.2, -0.15) is 0 Å². The molecule has 0 aliphatic carbocycles. The Labute approximate surface area is 107 Å². The van der Waals surface area contributed by atoms with Crippen LogP contribution in [0.25, 0.3) is 0 Å². The van der Waals surface area contributed by atoms with Gasteiger partial charge in [-0.15, -0.1) is 0 Å². The highest BCUT2D eigenvalue weighted by Crippen LogP contribution is 2.21. The van der Waals surface area contributed by atoms with Crippen LogP contribution in [-0.4, -0.2) is 12.0 Å². The van der Waals surface area contributed by atoms with Crippen molar-refractivity contribution >= 4 is 0 Å². The van der Waals surface area contributed by atoms with Crippen LogP contribution in [0.3, 0.4) is 0 Å². The maximum atomic E-state index is 13.9. The zero-order valence-corrected chi connectivity index (χ0v) is 10.7. The first kappa shape index (κ1) is 12.7. The van der Waals surface area contributed by atoms with E-state index in [0.29, 0.717) is 5.56 Å². The Bertz CT molecular complexity index is 511. The Kier molecular flexibility index (Phi) is 4.05. The molecule has 2 rings (SSSR count). The molecule has 1 heterocycles. The number of hydrogen-bond acceptors (Lipinski definition) is 2. The summed E-state index contributed by atoms with van der Waals surface area (Å²) in [6, 6.07) is 9.23. The minimum Gasteiger partial charge on any atom is -0.313 e. The predicted molar refractivity (Wildman–Crippen MR) is 70.9 cm³/mol. The number of rotatable bonds is 4. The van der Waals surface area contributed by atoms with E-state index in [-0.39, 0.29) is 11.9 Å². The molecule has 0 saturated heterocycles. The molecule has 0 aliphatic heterocycles. The van der Waals surface area contributed by atoms with Crippen molar-refractivity contribution in [2.45, 2.75) is 19.4 Å². The van der Waals surface area contributed by atoms with Crippen molar-refractivity contribution in [2.75, 3.05) is 7.05 Å². The highest BCUT2D eigenvalue weighted by Gasteiger charge is 2.14. The summed E-state index contributed by atoms with van der Waals surface area (Å²) in [5, 5.41) is 3.16. The molecule has 0 spiro atoms. The van der Waals surface area contributed by atoms with Crippen LogP contribution < -0.4 is 5.32 Å². The van der Waals surface area contributed by atoms with Gasteiger partial charge in [-0.1, -0.05) is 18.2 Å². The van der Waals surface area contributed by atoms with Gasteiger partial charge in [0.05, 0.1) is 0 Å². The smallest absolute Gasteiger partial charge is 0.128 e. The Morgan fingerprint density at radius 1 is 1.33 bits per heavy atom. The molecule has 0 aliphatic rings. The van der Waals surface area contributed by atoms with Gasteiger partial charge in [0.15, 0.2) is 0 Å². The number of nitrogens with one attached hydrogen (secondary N) is 1. The standard InChI is InChI=1S/C15H17FN2/c1-11-5-6-13(14(16)8-11)15(17-2)9-12-4-3-7-18-10-12/h3-8,10,15,17H,9H2,1-2H3. The molecule has 1 N–H and O–H groups in total. The molecule has 0 saturated carbocycles. The summed E-state index contributed by atoms with van der Waals surface area (Å²) in [4.78, 5) is 4.08. The third-order valence-electron chi connectivity index (χ3n) is 3.04. The topological polar surface area (TPSA) is 24.9 Å². The quantitative estimate of drug-likeness (QED) is 0.894. The summed E-state index contributed by atoms with van der Waals surface area (Å²) < 4.78 is 13.9. The Balaban J connectivity index is 2.23. The highest BCUT2D eigenvalue weighted by atomic mass is 19.1. The van der Waals surface area contributed by atoms with E-state index in [0.717, 1.165) is 17.5 Å². The van der Waals surface area contributed by atoms with Crippen LogP contribution in [0.5, 0.6) is 0 Å². The summed E-state index contributed by atoms with van der Waals surface area (Å²) in [5.41, 5.74) is 2.73. The van der Waals surface area contributed by atoms with E-state index in [1.54, 1.807) is 12.3 Å². The first-order valence-electron chi connectivity index (χ1n) is 6.03. The lowest BCUT2D eigenvalue weighted by Crippen LogP contribution is -2.20. The summed E-state index contributed by atoms with van der Waals surface area (Å²) >= 11 is 0. The van der Waals surface area contributed by atoms with Crippen molar-refractivity contribution in [3.8, 4) is 0 Å². The van der Waals surface area contributed by atoms with Crippen LogP contribution in [0.2, 0.25) is 0 Å². The fourth-order valence-corrected chi connectivity index (χ4v) is 2.04. The van der Waals surface area contributed by atoms with Gasteiger partial charge >= 0.3 is 0 Å². The molecule has 1 atom stereocenters. The average Bonchev–Trinajstić information content (AvgIpc) is 2.38. The third-order valence-corrected chi connectivity index (χ3v) is 3.04. The minimum absolute atomic E-state index is 0.0326. The second-order valence-corrected chi connectivity index (χ2v) is 4.43. The van der Waals surface area contributed by atoms with Crippen molar-refractivity contribution in [1.29, 1.82) is 0 Å². The normalized spacial score (nSPS) is 12.4. The molecule has 0 fully saturated rings. The molecule has 1 aromatic carbocycles. The van der Waals surface area contributed by atoms with E-state index in [9.17, 15) is 4.39 Å². The first-order chi connectivity index (χ1) is 8.70. The molecule has 94 valence electrons. The summed E-state index contributed by atoms with van der Waals surface area (Å²) in [5.74, 6) is -0.154. The van der Waals surface area contributed by atoms with Gasteiger partial charge in [-0.25, -0.2) is 4.39 Å². The summed E-state index contributed by atoms with van der Waals surface area (Å²) in [6.45, 7) is 1.89. The van der Waals surface area contributed by atoms with E-state index in [2.05, 4.69) is 10.3 Å². The van der Waals surface area contributed by atoms with Gasteiger partial charge in [0.1, 0.15) is 5.82 Å². The SMILES string of the molecule is CNC(Cc1cccnc1)c1ccc(C)cc1F. The summed E-state index contributed by atoms with van der Waals surface area (Å²) in [7, 11) is 1.85. The number of benzene rings is 1. The maximum Gasteiger partial charge on any atom is 0.128 e. The lowest BCUT2D eigenvalue weighted by atomic mass is 9.98. The molecule has 3 heteroatoms. The molecule has 2 aromatic rings. The van der Waals surface area contributed by atoms with Crippen LogP contribution >= 0.6 is 0 Å². The van der Waals surface area contributed by atoms with E-state index in [4.69, 9.17) is 0 Å². The van der Waals surface area contributed by atoms with Crippen molar-refractivity contribution in [3.63, 3.8) is 0 Å². The van der Waals surface area contributed by atoms with Gasteiger partial charge in [0.2, 0.25) is 0 Å². The molecule has 0 amide bonds. The van der Waals surface area contributed by atoms with Gasteiger partial charge in [0, 0.05) is 24.0 Å². The number of aromatic nitrogens is 1. The van der Waals surface area contributed by atoms with E-state index in [1.165, 1.54) is 0 Å². The van der Waals surface area contributed by atoms with Gasteiger partial charge in [0.25, 0.3) is 0 Å². The lowest BCUT2D eigenvalue weighted by molar-refractivity contribution is 0.533. The van der Waals surface area contributed by atoms with Gasteiger partial charge in [-0.3, -0.25) is 4.98 Å². The second-order valence-electron chi connectivity index (χ2n) is 4.43. The molecule has 2 nitrogen and oxygen atoms in total.